The third-order valence-electron chi connectivity index (χ3n) is 3.27. The van der Waals surface area contributed by atoms with Gasteiger partial charge in [-0.3, -0.25) is 4.68 Å². The number of rotatable bonds is 6. The number of hydrogen-bond donors (Lipinski definition) is 1. The fourth-order valence-electron chi connectivity index (χ4n) is 2.16. The summed E-state index contributed by atoms with van der Waals surface area (Å²) in [5, 5.41) is 7.58. The zero-order valence-corrected chi connectivity index (χ0v) is 13.0. The van der Waals surface area contributed by atoms with Crippen LogP contribution in [0.5, 0.6) is 17.2 Å². The van der Waals surface area contributed by atoms with E-state index < -0.39 is 0 Å². The fourth-order valence-corrected chi connectivity index (χ4v) is 2.16. The van der Waals surface area contributed by atoms with Crippen LogP contribution in [0.4, 0.5) is 5.69 Å². The number of aromatic nitrogens is 2. The van der Waals surface area contributed by atoms with Gasteiger partial charge in [0, 0.05) is 36.6 Å². The van der Waals surface area contributed by atoms with Crippen molar-refractivity contribution >= 4 is 5.69 Å². The predicted octanol–water partition coefficient (Wildman–Crippen LogP) is 2.62. The molecule has 0 fully saturated rings. The summed E-state index contributed by atoms with van der Waals surface area (Å²) in [6, 6.07) is 3.88. The van der Waals surface area contributed by atoms with Crippen molar-refractivity contribution in [3.05, 3.63) is 30.1 Å². The van der Waals surface area contributed by atoms with Crippen LogP contribution in [0.15, 0.2) is 24.5 Å². The molecule has 0 bridgehead atoms. The van der Waals surface area contributed by atoms with E-state index in [4.69, 9.17) is 14.2 Å². The van der Waals surface area contributed by atoms with Crippen LogP contribution in [0, 0.1) is 0 Å². The Bertz CT molecular complexity index is 585. The van der Waals surface area contributed by atoms with E-state index >= 15 is 0 Å². The summed E-state index contributed by atoms with van der Waals surface area (Å²) in [4.78, 5) is 0. The van der Waals surface area contributed by atoms with Crippen molar-refractivity contribution in [2.75, 3.05) is 26.6 Å². The lowest BCUT2D eigenvalue weighted by Crippen LogP contribution is -2.06. The molecule has 0 amide bonds. The van der Waals surface area contributed by atoms with E-state index in [-0.39, 0.29) is 6.04 Å². The molecule has 0 aliphatic heterocycles. The number of aryl methyl sites for hydroxylation is 1. The van der Waals surface area contributed by atoms with Crippen LogP contribution in [0.1, 0.15) is 18.5 Å². The number of nitrogens with zero attached hydrogens (tertiary/aromatic N) is 2. The molecule has 21 heavy (non-hydrogen) atoms. The van der Waals surface area contributed by atoms with Crippen LogP contribution in [-0.4, -0.2) is 31.1 Å². The Morgan fingerprint density at radius 1 is 1.10 bits per heavy atom. The van der Waals surface area contributed by atoms with Gasteiger partial charge in [-0.25, -0.2) is 0 Å². The number of ether oxygens (including phenoxy) is 3. The molecule has 1 aromatic heterocycles. The normalized spacial score (nSPS) is 11.9. The standard InChI is InChI=1S/C15H21N3O3/c1-10(11-8-16-18(2)9-11)17-12-6-13(19-3)15(21-5)14(7-12)20-4/h6-10,17H,1-5H3. The number of methoxy groups -OCH3 is 3. The van der Waals surface area contributed by atoms with Gasteiger partial charge >= 0.3 is 0 Å². The molecule has 0 saturated heterocycles. The number of nitrogens with one attached hydrogen (secondary N) is 1. The monoisotopic (exact) mass is 291 g/mol. The smallest absolute Gasteiger partial charge is 0.203 e. The number of anilines is 1. The van der Waals surface area contributed by atoms with Gasteiger partial charge in [-0.1, -0.05) is 0 Å². The zero-order valence-electron chi connectivity index (χ0n) is 13.0. The van der Waals surface area contributed by atoms with Gasteiger partial charge in [-0.15, -0.1) is 0 Å². The van der Waals surface area contributed by atoms with Crippen LogP contribution in [0.3, 0.4) is 0 Å². The third kappa shape index (κ3) is 3.21. The van der Waals surface area contributed by atoms with Gasteiger partial charge in [0.2, 0.25) is 5.75 Å². The summed E-state index contributed by atoms with van der Waals surface area (Å²) in [5.74, 6) is 1.83. The second-order valence-corrected chi connectivity index (χ2v) is 4.73. The summed E-state index contributed by atoms with van der Waals surface area (Å²) >= 11 is 0. The fraction of sp³-hybridized carbons (Fsp3) is 0.400. The van der Waals surface area contributed by atoms with Gasteiger partial charge in [0.1, 0.15) is 0 Å². The average Bonchev–Trinajstić information content (AvgIpc) is 2.92. The van der Waals surface area contributed by atoms with E-state index in [0.717, 1.165) is 11.3 Å². The first-order valence-electron chi connectivity index (χ1n) is 6.64. The maximum absolute atomic E-state index is 5.35. The molecule has 0 aliphatic rings. The lowest BCUT2D eigenvalue weighted by molar-refractivity contribution is 0.324. The van der Waals surface area contributed by atoms with Crippen molar-refractivity contribution in [1.29, 1.82) is 0 Å². The average molecular weight is 291 g/mol. The molecule has 1 heterocycles. The molecule has 2 aromatic rings. The molecule has 1 atom stereocenters. The molecule has 0 aliphatic carbocycles. The lowest BCUT2D eigenvalue weighted by atomic mass is 10.1. The summed E-state index contributed by atoms with van der Waals surface area (Å²) in [6.45, 7) is 2.07. The Morgan fingerprint density at radius 2 is 1.71 bits per heavy atom. The SMILES string of the molecule is COc1cc(NC(C)c2cnn(C)c2)cc(OC)c1OC. The third-order valence-corrected chi connectivity index (χ3v) is 3.27. The highest BCUT2D eigenvalue weighted by atomic mass is 16.5. The zero-order chi connectivity index (χ0) is 15.4. The molecule has 6 heteroatoms. The predicted molar refractivity (Wildman–Crippen MR) is 81.3 cm³/mol. The van der Waals surface area contributed by atoms with E-state index in [0.29, 0.717) is 17.2 Å². The molecule has 1 unspecified atom stereocenters. The van der Waals surface area contributed by atoms with Gasteiger partial charge in [0.15, 0.2) is 11.5 Å². The molecular formula is C15H21N3O3. The lowest BCUT2D eigenvalue weighted by Gasteiger charge is -2.18. The van der Waals surface area contributed by atoms with Gasteiger partial charge in [-0.2, -0.15) is 5.10 Å². The number of hydrogen-bond acceptors (Lipinski definition) is 5. The first-order chi connectivity index (χ1) is 10.1. The van der Waals surface area contributed by atoms with Gasteiger partial charge in [0.25, 0.3) is 0 Å². The van der Waals surface area contributed by atoms with Gasteiger partial charge < -0.3 is 19.5 Å². The molecule has 114 valence electrons. The molecule has 0 radical (unpaired) electrons. The molecule has 1 N–H and O–H groups in total. The Hall–Kier alpha value is -2.37. The minimum atomic E-state index is 0.113. The summed E-state index contributed by atoms with van der Waals surface area (Å²) in [6.07, 6.45) is 3.82. The second-order valence-electron chi connectivity index (χ2n) is 4.73. The number of benzene rings is 1. The highest BCUT2D eigenvalue weighted by molar-refractivity contribution is 5.63. The van der Waals surface area contributed by atoms with Crippen molar-refractivity contribution < 1.29 is 14.2 Å². The van der Waals surface area contributed by atoms with Gasteiger partial charge in [0.05, 0.1) is 33.6 Å². The minimum Gasteiger partial charge on any atom is -0.493 e. The maximum atomic E-state index is 5.35. The Morgan fingerprint density at radius 3 is 2.14 bits per heavy atom. The highest BCUT2D eigenvalue weighted by Gasteiger charge is 2.15. The summed E-state index contributed by atoms with van der Waals surface area (Å²) in [7, 11) is 6.69. The van der Waals surface area contributed by atoms with Crippen molar-refractivity contribution in [2.45, 2.75) is 13.0 Å². The van der Waals surface area contributed by atoms with Crippen molar-refractivity contribution in [3.8, 4) is 17.2 Å². The largest absolute Gasteiger partial charge is 0.493 e. The minimum absolute atomic E-state index is 0.113. The molecule has 0 saturated carbocycles. The van der Waals surface area contributed by atoms with Crippen LogP contribution in [-0.2, 0) is 7.05 Å². The van der Waals surface area contributed by atoms with Crippen molar-refractivity contribution in [2.24, 2.45) is 7.05 Å². The van der Waals surface area contributed by atoms with Crippen LogP contribution >= 0.6 is 0 Å². The second kappa shape index (κ2) is 6.39. The Kier molecular flexibility index (Phi) is 4.57. The topological polar surface area (TPSA) is 57.5 Å². The Labute approximate surface area is 124 Å². The van der Waals surface area contributed by atoms with E-state index in [2.05, 4.69) is 17.3 Å². The maximum Gasteiger partial charge on any atom is 0.203 e. The van der Waals surface area contributed by atoms with Crippen LogP contribution < -0.4 is 19.5 Å². The summed E-state index contributed by atoms with van der Waals surface area (Å²) in [5.41, 5.74) is 1.99. The van der Waals surface area contributed by atoms with Crippen molar-refractivity contribution in [3.63, 3.8) is 0 Å². The van der Waals surface area contributed by atoms with E-state index in [9.17, 15) is 0 Å². The first-order valence-corrected chi connectivity index (χ1v) is 6.64. The molecule has 2 rings (SSSR count). The first kappa shape index (κ1) is 15.0. The Balaban J connectivity index is 2.27. The van der Waals surface area contributed by atoms with E-state index in [1.807, 2.05) is 31.6 Å². The van der Waals surface area contributed by atoms with Crippen molar-refractivity contribution in [1.82, 2.24) is 9.78 Å². The summed E-state index contributed by atoms with van der Waals surface area (Å²) < 4.78 is 17.8. The van der Waals surface area contributed by atoms with Crippen LogP contribution in [0.25, 0.3) is 0 Å². The van der Waals surface area contributed by atoms with Gasteiger partial charge in [-0.05, 0) is 6.92 Å². The van der Waals surface area contributed by atoms with E-state index in [1.165, 1.54) is 0 Å². The highest BCUT2D eigenvalue weighted by Crippen LogP contribution is 2.40. The van der Waals surface area contributed by atoms with Crippen LogP contribution in [0.2, 0.25) is 0 Å². The molecule has 1 aromatic carbocycles. The quantitative estimate of drug-likeness (QED) is 0.886. The molecule has 6 nitrogen and oxygen atoms in total. The molecular weight excluding hydrogens is 270 g/mol. The van der Waals surface area contributed by atoms with E-state index in [1.54, 1.807) is 26.0 Å². The molecule has 0 spiro atoms.